The van der Waals surface area contributed by atoms with Crippen molar-refractivity contribution in [1.82, 2.24) is 5.32 Å². The molecule has 0 aliphatic heterocycles. The number of nitro benzene ring substituents is 1. The van der Waals surface area contributed by atoms with Crippen LogP contribution in [-0.4, -0.2) is 39.5 Å². The molecule has 9 nitrogen and oxygen atoms in total. The molecular formula is C14H21N3O6. The van der Waals surface area contributed by atoms with Gasteiger partial charge in [0.25, 0.3) is 5.69 Å². The number of rotatable bonds is 5. The first kappa shape index (κ1) is 18.7. The highest BCUT2D eigenvalue weighted by Gasteiger charge is 2.23. The third-order valence-electron chi connectivity index (χ3n) is 2.81. The second-order valence-corrected chi connectivity index (χ2v) is 5.97. The summed E-state index contributed by atoms with van der Waals surface area (Å²) in [6, 6.07) is 3.71. The Hall–Kier alpha value is -2.39. The largest absolute Gasteiger partial charge is 0.444 e. The maximum atomic E-state index is 11.5. The summed E-state index contributed by atoms with van der Waals surface area (Å²) in [5.74, 6) is 0. The van der Waals surface area contributed by atoms with E-state index in [2.05, 4.69) is 5.32 Å². The zero-order valence-corrected chi connectivity index (χ0v) is 13.1. The number of ether oxygens (including phenoxy) is 1. The number of benzene rings is 1. The van der Waals surface area contributed by atoms with Crippen molar-refractivity contribution < 1.29 is 24.7 Å². The van der Waals surface area contributed by atoms with Gasteiger partial charge in [-0.3, -0.25) is 10.1 Å². The van der Waals surface area contributed by atoms with Gasteiger partial charge in [-0.15, -0.1) is 0 Å². The number of nitrogens with one attached hydrogen (secondary N) is 1. The highest BCUT2D eigenvalue weighted by atomic mass is 16.6. The molecule has 2 unspecified atom stereocenters. The van der Waals surface area contributed by atoms with Crippen molar-refractivity contribution in [3.8, 4) is 0 Å². The number of aliphatic hydroxyl groups is 2. The molecule has 0 aromatic heterocycles. The first-order valence-electron chi connectivity index (χ1n) is 6.88. The topological polar surface area (TPSA) is 148 Å². The van der Waals surface area contributed by atoms with Crippen LogP contribution in [0.1, 0.15) is 32.4 Å². The molecule has 0 heterocycles. The monoisotopic (exact) mass is 327 g/mol. The maximum absolute atomic E-state index is 11.5. The molecule has 0 spiro atoms. The van der Waals surface area contributed by atoms with Crippen molar-refractivity contribution in [3.05, 3.63) is 33.9 Å². The molecule has 9 heteroatoms. The molecule has 0 bridgehead atoms. The summed E-state index contributed by atoms with van der Waals surface area (Å²) < 4.78 is 4.99. The Kier molecular flexibility index (Phi) is 5.88. The molecular weight excluding hydrogens is 306 g/mol. The van der Waals surface area contributed by atoms with Crippen molar-refractivity contribution >= 4 is 17.5 Å². The fourth-order valence-electron chi connectivity index (χ4n) is 1.74. The number of hydrogen-bond donors (Lipinski definition) is 4. The summed E-state index contributed by atoms with van der Waals surface area (Å²) in [6.45, 7) is 4.77. The number of amides is 1. The highest BCUT2D eigenvalue weighted by molar-refractivity contribution is 5.67. The van der Waals surface area contributed by atoms with Crippen molar-refractivity contribution in [2.45, 2.75) is 38.6 Å². The van der Waals surface area contributed by atoms with Crippen LogP contribution in [-0.2, 0) is 4.74 Å². The minimum absolute atomic E-state index is 0.0488. The third-order valence-corrected chi connectivity index (χ3v) is 2.81. The second-order valence-electron chi connectivity index (χ2n) is 5.97. The van der Waals surface area contributed by atoms with E-state index in [0.29, 0.717) is 0 Å². The molecule has 0 aliphatic carbocycles. The quantitative estimate of drug-likeness (QED) is 0.359. The SMILES string of the molecule is CC(C)(C)OC(=O)NCC(O)C(O)c1ccc(N)c([N+](=O)[O-])c1. The molecule has 0 fully saturated rings. The van der Waals surface area contributed by atoms with E-state index in [1.165, 1.54) is 12.1 Å². The molecule has 1 aromatic carbocycles. The predicted octanol–water partition coefficient (Wildman–Crippen LogP) is 1.10. The summed E-state index contributed by atoms with van der Waals surface area (Å²) in [6.07, 6.45) is -3.54. The number of nitrogens with two attached hydrogens (primary N) is 1. The Bertz CT molecular complexity index is 584. The van der Waals surface area contributed by atoms with Crippen LogP contribution >= 0.6 is 0 Å². The standard InChI is InChI=1S/C14H21N3O6/c1-14(2,3)23-13(20)16-7-11(18)12(19)8-4-5-9(15)10(6-8)17(21)22/h4-6,11-12,18-19H,7,15H2,1-3H3,(H,16,20). The number of carbonyl (C=O) groups excluding carboxylic acids is 1. The van der Waals surface area contributed by atoms with E-state index >= 15 is 0 Å². The lowest BCUT2D eigenvalue weighted by atomic mass is 10.0. The van der Waals surface area contributed by atoms with Crippen LogP contribution < -0.4 is 11.1 Å². The first-order chi connectivity index (χ1) is 10.5. The van der Waals surface area contributed by atoms with Gasteiger partial charge in [0.1, 0.15) is 23.5 Å². The zero-order valence-electron chi connectivity index (χ0n) is 13.1. The predicted molar refractivity (Wildman–Crippen MR) is 82.7 cm³/mol. The molecule has 0 aliphatic rings. The lowest BCUT2D eigenvalue weighted by Crippen LogP contribution is -2.38. The lowest BCUT2D eigenvalue weighted by Gasteiger charge is -2.22. The molecule has 2 atom stereocenters. The molecule has 0 saturated heterocycles. The normalized spacial score (nSPS) is 14.0. The van der Waals surface area contributed by atoms with Crippen LogP contribution in [0.25, 0.3) is 0 Å². The summed E-state index contributed by atoms with van der Waals surface area (Å²) in [7, 11) is 0. The highest BCUT2D eigenvalue weighted by Crippen LogP contribution is 2.27. The van der Waals surface area contributed by atoms with Gasteiger partial charge in [0, 0.05) is 12.6 Å². The first-order valence-corrected chi connectivity index (χ1v) is 6.88. The van der Waals surface area contributed by atoms with Crippen molar-refractivity contribution in [2.75, 3.05) is 12.3 Å². The molecule has 128 valence electrons. The zero-order chi connectivity index (χ0) is 17.8. The molecule has 5 N–H and O–H groups in total. The van der Waals surface area contributed by atoms with Crippen LogP contribution in [0.4, 0.5) is 16.2 Å². The molecule has 1 aromatic rings. The van der Waals surface area contributed by atoms with Gasteiger partial charge in [0.05, 0.1) is 4.92 Å². The van der Waals surface area contributed by atoms with Crippen molar-refractivity contribution in [3.63, 3.8) is 0 Å². The maximum Gasteiger partial charge on any atom is 0.407 e. The van der Waals surface area contributed by atoms with E-state index < -0.39 is 28.8 Å². The van der Waals surface area contributed by atoms with Gasteiger partial charge in [-0.25, -0.2) is 4.79 Å². The molecule has 1 rings (SSSR count). The Morgan fingerprint density at radius 2 is 2.04 bits per heavy atom. The smallest absolute Gasteiger partial charge is 0.407 e. The van der Waals surface area contributed by atoms with Crippen LogP contribution in [0.3, 0.4) is 0 Å². The van der Waals surface area contributed by atoms with Crippen LogP contribution in [0.2, 0.25) is 0 Å². The van der Waals surface area contributed by atoms with Crippen LogP contribution in [0, 0.1) is 10.1 Å². The fourth-order valence-corrected chi connectivity index (χ4v) is 1.74. The summed E-state index contributed by atoms with van der Waals surface area (Å²) in [5, 5.41) is 33.1. The van der Waals surface area contributed by atoms with E-state index in [1.807, 2.05) is 0 Å². The number of nitrogen functional groups attached to an aromatic ring is 1. The van der Waals surface area contributed by atoms with Crippen LogP contribution in [0.5, 0.6) is 0 Å². The Morgan fingerprint density at radius 3 is 2.57 bits per heavy atom. The molecule has 0 saturated carbocycles. The summed E-state index contributed by atoms with van der Waals surface area (Å²) >= 11 is 0. The van der Waals surface area contributed by atoms with Gasteiger partial charge < -0.3 is 26.0 Å². The molecule has 23 heavy (non-hydrogen) atoms. The minimum atomic E-state index is -1.43. The third kappa shape index (κ3) is 5.72. The number of nitrogens with zero attached hydrogens (tertiary/aromatic N) is 1. The average Bonchev–Trinajstić information content (AvgIpc) is 2.42. The number of alkyl carbamates (subject to hydrolysis) is 1. The Morgan fingerprint density at radius 1 is 1.43 bits per heavy atom. The van der Waals surface area contributed by atoms with Crippen molar-refractivity contribution in [2.24, 2.45) is 0 Å². The Balaban J connectivity index is 2.70. The number of carbonyl (C=O) groups is 1. The number of anilines is 1. The number of aliphatic hydroxyl groups excluding tert-OH is 2. The van der Waals surface area contributed by atoms with E-state index in [4.69, 9.17) is 10.5 Å². The minimum Gasteiger partial charge on any atom is -0.444 e. The van der Waals surface area contributed by atoms with Gasteiger partial charge in [-0.05, 0) is 32.4 Å². The van der Waals surface area contributed by atoms with Gasteiger partial charge in [0.15, 0.2) is 0 Å². The van der Waals surface area contributed by atoms with Gasteiger partial charge in [-0.2, -0.15) is 0 Å². The van der Waals surface area contributed by atoms with Gasteiger partial charge in [-0.1, -0.05) is 6.07 Å². The number of hydrogen-bond acceptors (Lipinski definition) is 7. The van der Waals surface area contributed by atoms with Gasteiger partial charge in [0.2, 0.25) is 0 Å². The molecule has 0 radical (unpaired) electrons. The van der Waals surface area contributed by atoms with Crippen molar-refractivity contribution in [1.29, 1.82) is 0 Å². The second kappa shape index (κ2) is 7.25. The summed E-state index contributed by atoms with van der Waals surface area (Å²) in [4.78, 5) is 21.6. The molecule has 1 amide bonds. The fraction of sp³-hybridized carbons (Fsp3) is 0.500. The van der Waals surface area contributed by atoms with E-state index in [9.17, 15) is 25.1 Å². The summed E-state index contributed by atoms with van der Waals surface area (Å²) in [5.41, 5.74) is 4.47. The van der Waals surface area contributed by atoms with E-state index in [0.717, 1.165) is 6.07 Å². The van der Waals surface area contributed by atoms with Crippen LogP contribution in [0.15, 0.2) is 18.2 Å². The van der Waals surface area contributed by atoms with Gasteiger partial charge >= 0.3 is 6.09 Å². The van der Waals surface area contributed by atoms with E-state index in [-0.39, 0.29) is 23.5 Å². The lowest BCUT2D eigenvalue weighted by molar-refractivity contribution is -0.384. The van der Waals surface area contributed by atoms with E-state index in [1.54, 1.807) is 20.8 Å². The average molecular weight is 327 g/mol. The Labute approximate surface area is 133 Å². The number of nitro groups is 1.